The molecule has 17 heavy (non-hydrogen) atoms. The molecule has 2 aromatic rings. The third kappa shape index (κ3) is 2.88. The topological polar surface area (TPSA) is 74.6 Å². The number of aliphatic carboxylic acids is 1. The van der Waals surface area contributed by atoms with Gasteiger partial charge in [0.15, 0.2) is 5.71 Å². The molecule has 5 nitrogen and oxygen atoms in total. The number of hydrogen-bond acceptors (Lipinski definition) is 5. The Kier molecular flexibility index (Phi) is 3.46. The van der Waals surface area contributed by atoms with Crippen molar-refractivity contribution in [3.63, 3.8) is 0 Å². The van der Waals surface area contributed by atoms with Gasteiger partial charge in [-0.05, 0) is 0 Å². The van der Waals surface area contributed by atoms with Crippen LogP contribution < -0.4 is 5.43 Å². The van der Waals surface area contributed by atoms with E-state index in [0.717, 1.165) is 0 Å². The fourth-order valence-corrected chi connectivity index (χ4v) is 1.68. The van der Waals surface area contributed by atoms with Crippen LogP contribution in [-0.2, 0) is 4.79 Å². The highest BCUT2D eigenvalue weighted by atomic mass is 32.1. The molecule has 1 aromatic carbocycles. The first-order chi connectivity index (χ1) is 8.27. The Balaban J connectivity index is 2.24. The minimum Gasteiger partial charge on any atom is -0.476 e. The zero-order valence-electron chi connectivity index (χ0n) is 8.70. The summed E-state index contributed by atoms with van der Waals surface area (Å²) in [6, 6.07) is 8.72. The lowest BCUT2D eigenvalue weighted by Gasteiger charge is -2.01. The molecule has 0 aliphatic heterocycles. The standard InChI is InChI=1S/C11H9N3O2S/c15-10(16)9(8-4-2-1-3-5-8)13-14-11-12-6-7-17-11/h1-7H,(H,12,14)(H,15,16)/b13-9-. The molecule has 0 aliphatic carbocycles. The van der Waals surface area contributed by atoms with Crippen LogP contribution in [0.25, 0.3) is 0 Å². The Morgan fingerprint density at radius 1 is 1.35 bits per heavy atom. The van der Waals surface area contributed by atoms with Crippen LogP contribution in [0.3, 0.4) is 0 Å². The summed E-state index contributed by atoms with van der Waals surface area (Å²) in [5, 5.41) is 15.3. The summed E-state index contributed by atoms with van der Waals surface area (Å²) < 4.78 is 0. The molecule has 0 spiro atoms. The first-order valence-electron chi connectivity index (χ1n) is 4.79. The van der Waals surface area contributed by atoms with E-state index in [1.54, 1.807) is 35.8 Å². The van der Waals surface area contributed by atoms with Gasteiger partial charge in [0.1, 0.15) is 0 Å². The number of benzene rings is 1. The van der Waals surface area contributed by atoms with Crippen LogP contribution >= 0.6 is 11.3 Å². The van der Waals surface area contributed by atoms with E-state index in [1.807, 2.05) is 6.07 Å². The molecule has 0 saturated carbocycles. The Morgan fingerprint density at radius 2 is 2.12 bits per heavy atom. The van der Waals surface area contributed by atoms with Gasteiger partial charge in [0.05, 0.1) is 0 Å². The van der Waals surface area contributed by atoms with E-state index in [9.17, 15) is 4.79 Å². The number of aromatic nitrogens is 1. The predicted molar refractivity (Wildman–Crippen MR) is 66.4 cm³/mol. The van der Waals surface area contributed by atoms with E-state index in [0.29, 0.717) is 10.7 Å². The maximum atomic E-state index is 11.1. The van der Waals surface area contributed by atoms with Crippen LogP contribution in [0.4, 0.5) is 5.13 Å². The monoisotopic (exact) mass is 247 g/mol. The molecule has 86 valence electrons. The maximum absolute atomic E-state index is 11.1. The van der Waals surface area contributed by atoms with Crippen molar-refractivity contribution in [3.8, 4) is 0 Å². The molecule has 0 fully saturated rings. The second-order valence-corrected chi connectivity index (χ2v) is 3.98. The lowest BCUT2D eigenvalue weighted by atomic mass is 10.1. The third-order valence-corrected chi connectivity index (χ3v) is 2.62. The van der Waals surface area contributed by atoms with Gasteiger partial charge in [0, 0.05) is 17.1 Å². The molecule has 2 rings (SSSR count). The fourth-order valence-electron chi connectivity index (χ4n) is 1.21. The number of hydrogen-bond donors (Lipinski definition) is 2. The van der Waals surface area contributed by atoms with E-state index in [-0.39, 0.29) is 5.71 Å². The van der Waals surface area contributed by atoms with Crippen molar-refractivity contribution in [1.82, 2.24) is 4.98 Å². The molecular formula is C11H9N3O2S. The number of hydrazone groups is 1. The molecule has 0 bridgehead atoms. The second-order valence-electron chi connectivity index (χ2n) is 3.08. The minimum absolute atomic E-state index is 0.0409. The summed E-state index contributed by atoms with van der Waals surface area (Å²) >= 11 is 1.35. The van der Waals surface area contributed by atoms with Crippen LogP contribution in [0.2, 0.25) is 0 Å². The Bertz CT molecular complexity index is 523. The third-order valence-electron chi connectivity index (χ3n) is 1.95. The van der Waals surface area contributed by atoms with E-state index in [2.05, 4.69) is 15.5 Å². The molecular weight excluding hydrogens is 238 g/mol. The van der Waals surface area contributed by atoms with Crippen LogP contribution in [0, 0.1) is 0 Å². The van der Waals surface area contributed by atoms with Crippen LogP contribution in [-0.4, -0.2) is 21.8 Å². The number of carboxylic acids is 1. The van der Waals surface area contributed by atoms with E-state index >= 15 is 0 Å². The molecule has 0 aliphatic rings. The second kappa shape index (κ2) is 5.22. The predicted octanol–water partition coefficient (Wildman–Crippen LogP) is 2.04. The average Bonchev–Trinajstić information content (AvgIpc) is 2.83. The van der Waals surface area contributed by atoms with Gasteiger partial charge in [0.25, 0.3) is 0 Å². The van der Waals surface area contributed by atoms with Gasteiger partial charge in [-0.3, -0.25) is 5.43 Å². The lowest BCUT2D eigenvalue weighted by molar-refractivity contribution is -0.129. The number of nitrogens with zero attached hydrogens (tertiary/aromatic N) is 2. The number of rotatable bonds is 4. The number of nitrogens with one attached hydrogen (secondary N) is 1. The van der Waals surface area contributed by atoms with Gasteiger partial charge in [-0.1, -0.05) is 30.3 Å². The molecule has 6 heteroatoms. The molecule has 1 heterocycles. The largest absolute Gasteiger partial charge is 0.476 e. The first kappa shape index (κ1) is 11.3. The Labute approximate surface area is 101 Å². The van der Waals surface area contributed by atoms with Gasteiger partial charge in [0.2, 0.25) is 5.13 Å². The van der Waals surface area contributed by atoms with Gasteiger partial charge in [-0.25, -0.2) is 9.78 Å². The van der Waals surface area contributed by atoms with Crippen molar-refractivity contribution in [3.05, 3.63) is 47.5 Å². The Morgan fingerprint density at radius 3 is 2.71 bits per heavy atom. The smallest absolute Gasteiger partial charge is 0.356 e. The average molecular weight is 247 g/mol. The lowest BCUT2D eigenvalue weighted by Crippen LogP contribution is -2.16. The highest BCUT2D eigenvalue weighted by Crippen LogP contribution is 2.11. The maximum Gasteiger partial charge on any atom is 0.356 e. The van der Waals surface area contributed by atoms with E-state index in [1.165, 1.54) is 11.3 Å². The normalized spacial score (nSPS) is 11.2. The fraction of sp³-hybridized carbons (Fsp3) is 0. The van der Waals surface area contributed by atoms with Crippen LogP contribution in [0.1, 0.15) is 5.56 Å². The zero-order valence-corrected chi connectivity index (χ0v) is 9.52. The zero-order chi connectivity index (χ0) is 12.1. The van der Waals surface area contributed by atoms with Crippen LogP contribution in [0.5, 0.6) is 0 Å². The summed E-state index contributed by atoms with van der Waals surface area (Å²) in [5.74, 6) is -1.08. The SMILES string of the molecule is O=C(O)/C(=N\Nc1nccs1)c1ccccc1. The van der Waals surface area contributed by atoms with Crippen LogP contribution in [0.15, 0.2) is 47.0 Å². The van der Waals surface area contributed by atoms with Crippen molar-refractivity contribution in [2.24, 2.45) is 5.10 Å². The molecule has 0 radical (unpaired) electrons. The highest BCUT2D eigenvalue weighted by molar-refractivity contribution is 7.13. The molecule has 0 atom stereocenters. The molecule has 0 unspecified atom stereocenters. The molecule has 0 saturated heterocycles. The summed E-state index contributed by atoms with van der Waals surface area (Å²) in [5.41, 5.74) is 3.12. The van der Waals surface area contributed by atoms with Gasteiger partial charge in [-0.15, -0.1) is 11.3 Å². The van der Waals surface area contributed by atoms with Crippen molar-refractivity contribution < 1.29 is 9.90 Å². The van der Waals surface area contributed by atoms with Crippen molar-refractivity contribution >= 4 is 28.1 Å². The van der Waals surface area contributed by atoms with E-state index < -0.39 is 5.97 Å². The summed E-state index contributed by atoms with van der Waals surface area (Å²) in [6.07, 6.45) is 1.62. The van der Waals surface area contributed by atoms with Crippen molar-refractivity contribution in [1.29, 1.82) is 0 Å². The quantitative estimate of drug-likeness (QED) is 0.640. The molecule has 2 N–H and O–H groups in total. The number of thiazole rings is 1. The highest BCUT2D eigenvalue weighted by Gasteiger charge is 2.12. The first-order valence-corrected chi connectivity index (χ1v) is 5.67. The molecule has 0 amide bonds. The van der Waals surface area contributed by atoms with Gasteiger partial charge >= 0.3 is 5.97 Å². The summed E-state index contributed by atoms with van der Waals surface area (Å²) in [6.45, 7) is 0. The van der Waals surface area contributed by atoms with Crippen molar-refractivity contribution in [2.45, 2.75) is 0 Å². The minimum atomic E-state index is -1.08. The van der Waals surface area contributed by atoms with E-state index in [4.69, 9.17) is 5.11 Å². The Hall–Kier alpha value is -2.21. The summed E-state index contributed by atoms with van der Waals surface area (Å²) in [7, 11) is 0. The number of carbonyl (C=O) groups is 1. The molecule has 1 aromatic heterocycles. The van der Waals surface area contributed by atoms with Gasteiger partial charge < -0.3 is 5.11 Å². The summed E-state index contributed by atoms with van der Waals surface area (Å²) in [4.78, 5) is 15.0. The van der Waals surface area contributed by atoms with Gasteiger partial charge in [-0.2, -0.15) is 5.10 Å². The number of carboxylic acid groups (broad SMARTS) is 1. The number of anilines is 1. The van der Waals surface area contributed by atoms with Crippen molar-refractivity contribution in [2.75, 3.05) is 5.43 Å².